The molecule has 2 aromatic carbocycles. The van der Waals surface area contributed by atoms with Crippen LogP contribution in [-0.2, 0) is 10.5 Å². The van der Waals surface area contributed by atoms with Crippen LogP contribution in [0.25, 0.3) is 0 Å². The quantitative estimate of drug-likeness (QED) is 0.337. The zero-order valence-corrected chi connectivity index (χ0v) is 16.5. The van der Waals surface area contributed by atoms with E-state index in [-0.39, 0.29) is 17.5 Å². The fraction of sp³-hybridized carbons (Fsp3) is 0.111. The van der Waals surface area contributed by atoms with Crippen LogP contribution in [0.15, 0.2) is 68.4 Å². The summed E-state index contributed by atoms with van der Waals surface area (Å²) in [5, 5.41) is 12.0. The molecule has 1 amide bonds. The van der Waals surface area contributed by atoms with Crippen LogP contribution in [0.3, 0.4) is 0 Å². The van der Waals surface area contributed by atoms with Gasteiger partial charge >= 0.3 is 0 Å². The van der Waals surface area contributed by atoms with Crippen LogP contribution in [0, 0.1) is 5.82 Å². The zero-order chi connectivity index (χ0) is 18.9. The Morgan fingerprint density at radius 3 is 2.67 bits per heavy atom. The molecule has 0 aliphatic rings. The van der Waals surface area contributed by atoms with Gasteiger partial charge in [0.15, 0.2) is 8.68 Å². The van der Waals surface area contributed by atoms with Gasteiger partial charge in [0.1, 0.15) is 5.82 Å². The lowest BCUT2D eigenvalue weighted by atomic mass is 10.2. The molecule has 0 saturated carbocycles. The molecule has 0 aliphatic carbocycles. The third kappa shape index (κ3) is 6.78. The SMILES string of the molecule is O=C(CSc1nnc(SCc2ccccc2)s1)NN=Cc1cccc(F)c1. The van der Waals surface area contributed by atoms with Gasteiger partial charge < -0.3 is 0 Å². The van der Waals surface area contributed by atoms with Crippen molar-refractivity contribution in [2.45, 2.75) is 14.4 Å². The van der Waals surface area contributed by atoms with Crippen LogP contribution in [0.4, 0.5) is 4.39 Å². The maximum absolute atomic E-state index is 13.0. The Morgan fingerprint density at radius 1 is 1.11 bits per heavy atom. The minimum atomic E-state index is -0.349. The molecule has 0 fully saturated rings. The van der Waals surface area contributed by atoms with E-state index in [4.69, 9.17) is 0 Å². The van der Waals surface area contributed by atoms with E-state index in [1.165, 1.54) is 47.0 Å². The van der Waals surface area contributed by atoms with E-state index in [9.17, 15) is 9.18 Å². The molecule has 0 saturated heterocycles. The summed E-state index contributed by atoms with van der Waals surface area (Å²) in [5.74, 6) is 0.396. The molecule has 0 radical (unpaired) electrons. The van der Waals surface area contributed by atoms with Gasteiger partial charge in [-0.1, -0.05) is 77.3 Å². The second-order valence-corrected chi connectivity index (χ2v) is 8.67. The summed E-state index contributed by atoms with van der Waals surface area (Å²) < 4.78 is 14.6. The van der Waals surface area contributed by atoms with Crippen molar-refractivity contribution >= 4 is 47.0 Å². The summed E-state index contributed by atoms with van der Waals surface area (Å²) in [6, 6.07) is 16.1. The standard InChI is InChI=1S/C18H15FN4OS3/c19-15-8-4-7-14(9-15)10-20-21-16(24)12-26-18-23-22-17(27-18)25-11-13-5-2-1-3-6-13/h1-10H,11-12H2,(H,21,24). The summed E-state index contributed by atoms with van der Waals surface area (Å²) in [4.78, 5) is 11.8. The monoisotopic (exact) mass is 418 g/mol. The fourth-order valence-corrected chi connectivity index (χ4v) is 4.73. The molecule has 1 aromatic heterocycles. The summed E-state index contributed by atoms with van der Waals surface area (Å²) in [6.07, 6.45) is 1.40. The zero-order valence-electron chi connectivity index (χ0n) is 14.0. The Bertz CT molecular complexity index is 918. The normalized spacial score (nSPS) is 11.0. The maximum atomic E-state index is 13.0. The molecule has 1 N–H and O–H groups in total. The van der Waals surface area contributed by atoms with Crippen molar-refractivity contribution in [1.29, 1.82) is 0 Å². The molecule has 5 nitrogen and oxygen atoms in total. The van der Waals surface area contributed by atoms with Gasteiger partial charge in [-0.15, -0.1) is 10.2 Å². The highest BCUT2D eigenvalue weighted by Crippen LogP contribution is 2.30. The van der Waals surface area contributed by atoms with E-state index in [1.54, 1.807) is 23.9 Å². The number of hydrazone groups is 1. The van der Waals surface area contributed by atoms with Gasteiger partial charge in [0.25, 0.3) is 5.91 Å². The number of rotatable bonds is 8. The predicted octanol–water partition coefficient (Wildman–Crippen LogP) is 4.21. The van der Waals surface area contributed by atoms with E-state index in [0.29, 0.717) is 5.56 Å². The number of amides is 1. The smallest absolute Gasteiger partial charge is 0.250 e. The average Bonchev–Trinajstić information content (AvgIpc) is 3.14. The van der Waals surface area contributed by atoms with Crippen molar-refractivity contribution in [3.8, 4) is 0 Å². The molecule has 3 rings (SSSR count). The van der Waals surface area contributed by atoms with Crippen LogP contribution in [0.2, 0.25) is 0 Å². The van der Waals surface area contributed by atoms with Crippen molar-refractivity contribution in [2.75, 3.05) is 5.75 Å². The Kier molecular flexibility index (Phi) is 7.37. The number of hydrogen-bond donors (Lipinski definition) is 1. The Labute approximate surface area is 168 Å². The van der Waals surface area contributed by atoms with E-state index in [1.807, 2.05) is 18.2 Å². The van der Waals surface area contributed by atoms with Gasteiger partial charge in [0.2, 0.25) is 0 Å². The molecular weight excluding hydrogens is 403 g/mol. The van der Waals surface area contributed by atoms with Gasteiger partial charge in [-0.05, 0) is 23.3 Å². The number of carbonyl (C=O) groups excluding carboxylic acids is 1. The minimum absolute atomic E-state index is 0.179. The van der Waals surface area contributed by atoms with Crippen LogP contribution in [0.1, 0.15) is 11.1 Å². The van der Waals surface area contributed by atoms with Crippen LogP contribution in [0.5, 0.6) is 0 Å². The fourth-order valence-electron chi connectivity index (χ4n) is 1.96. The third-order valence-corrected chi connectivity index (χ3v) is 6.43. The summed E-state index contributed by atoms with van der Waals surface area (Å²) in [7, 11) is 0. The molecule has 9 heteroatoms. The lowest BCUT2D eigenvalue weighted by Crippen LogP contribution is -2.19. The second-order valence-electron chi connectivity index (χ2n) is 5.25. The van der Waals surface area contributed by atoms with Crippen molar-refractivity contribution in [3.05, 3.63) is 71.5 Å². The first-order chi connectivity index (χ1) is 13.2. The first-order valence-corrected chi connectivity index (χ1v) is 10.7. The largest absolute Gasteiger partial charge is 0.272 e. The highest BCUT2D eigenvalue weighted by atomic mass is 32.2. The molecule has 0 spiro atoms. The number of nitrogens with zero attached hydrogens (tertiary/aromatic N) is 3. The van der Waals surface area contributed by atoms with Crippen molar-refractivity contribution in [2.24, 2.45) is 5.10 Å². The first-order valence-electron chi connectivity index (χ1n) is 7.89. The van der Waals surface area contributed by atoms with Crippen molar-refractivity contribution in [1.82, 2.24) is 15.6 Å². The molecule has 0 atom stereocenters. The molecule has 3 aromatic rings. The topological polar surface area (TPSA) is 67.2 Å². The lowest BCUT2D eigenvalue weighted by Gasteiger charge is -1.98. The summed E-state index contributed by atoms with van der Waals surface area (Å²) in [5.41, 5.74) is 4.21. The molecule has 0 bridgehead atoms. The van der Waals surface area contributed by atoms with Crippen LogP contribution in [-0.4, -0.2) is 28.1 Å². The molecular formula is C18H15FN4OS3. The van der Waals surface area contributed by atoms with Gasteiger partial charge in [0, 0.05) is 5.75 Å². The average molecular weight is 419 g/mol. The first kappa shape index (κ1) is 19.5. The van der Waals surface area contributed by atoms with E-state index in [0.717, 1.165) is 14.4 Å². The number of hydrogen-bond acceptors (Lipinski definition) is 7. The number of benzene rings is 2. The molecule has 1 heterocycles. The minimum Gasteiger partial charge on any atom is -0.272 e. The van der Waals surface area contributed by atoms with Gasteiger partial charge in [-0.2, -0.15) is 5.10 Å². The molecule has 27 heavy (non-hydrogen) atoms. The van der Waals surface area contributed by atoms with Gasteiger partial charge in [0.05, 0.1) is 12.0 Å². The van der Waals surface area contributed by atoms with E-state index in [2.05, 4.69) is 32.9 Å². The lowest BCUT2D eigenvalue weighted by molar-refractivity contribution is -0.118. The molecule has 138 valence electrons. The van der Waals surface area contributed by atoms with Gasteiger partial charge in [-0.25, -0.2) is 9.82 Å². The third-order valence-electron chi connectivity index (χ3n) is 3.17. The number of nitrogens with one attached hydrogen (secondary N) is 1. The summed E-state index contributed by atoms with van der Waals surface area (Å²) in [6.45, 7) is 0. The Morgan fingerprint density at radius 2 is 1.89 bits per heavy atom. The highest BCUT2D eigenvalue weighted by Gasteiger charge is 2.08. The Hall–Kier alpha value is -2.23. The number of thioether (sulfide) groups is 2. The van der Waals surface area contributed by atoms with Crippen LogP contribution < -0.4 is 5.43 Å². The van der Waals surface area contributed by atoms with E-state index < -0.39 is 0 Å². The number of aromatic nitrogens is 2. The second kappa shape index (κ2) is 10.2. The van der Waals surface area contributed by atoms with Crippen LogP contribution >= 0.6 is 34.9 Å². The molecule has 0 aliphatic heterocycles. The number of halogens is 1. The Balaban J connectivity index is 1.40. The maximum Gasteiger partial charge on any atom is 0.250 e. The van der Waals surface area contributed by atoms with Gasteiger partial charge in [-0.3, -0.25) is 4.79 Å². The summed E-state index contributed by atoms with van der Waals surface area (Å²) >= 11 is 4.38. The highest BCUT2D eigenvalue weighted by molar-refractivity contribution is 8.03. The number of carbonyl (C=O) groups is 1. The van der Waals surface area contributed by atoms with E-state index >= 15 is 0 Å². The van der Waals surface area contributed by atoms with Crippen molar-refractivity contribution < 1.29 is 9.18 Å². The molecule has 0 unspecified atom stereocenters. The predicted molar refractivity (Wildman–Crippen MR) is 109 cm³/mol. The van der Waals surface area contributed by atoms with Crippen molar-refractivity contribution in [3.63, 3.8) is 0 Å².